The largest absolute Gasteiger partial charge is 0.508 e. The Labute approximate surface area is 231 Å². The van der Waals surface area contributed by atoms with Crippen molar-refractivity contribution in [3.8, 4) is 5.75 Å². The molecule has 0 unspecified atom stereocenters. The second kappa shape index (κ2) is 11.0. The summed E-state index contributed by atoms with van der Waals surface area (Å²) < 4.78 is 0. The number of carbonyl (C=O) groups is 3. The molecule has 212 valence electrons. The van der Waals surface area contributed by atoms with Crippen LogP contribution in [0.2, 0.25) is 0 Å². The van der Waals surface area contributed by atoms with Crippen LogP contribution in [0.1, 0.15) is 49.7 Å². The summed E-state index contributed by atoms with van der Waals surface area (Å²) in [6.07, 6.45) is 2.66. The third-order valence-electron chi connectivity index (χ3n) is 8.24. The van der Waals surface area contributed by atoms with Gasteiger partial charge in [0.15, 0.2) is 11.4 Å². The Morgan fingerprint density at radius 2 is 1.82 bits per heavy atom. The number of aromatic hydroxyl groups is 1. The number of nitrogens with two attached hydrogens (primary N) is 1. The number of thioether (sulfide) groups is 1. The van der Waals surface area contributed by atoms with E-state index in [0.717, 1.165) is 31.4 Å². The number of phenols is 1. The van der Waals surface area contributed by atoms with E-state index in [-0.39, 0.29) is 16.9 Å². The summed E-state index contributed by atoms with van der Waals surface area (Å²) in [5, 5.41) is 56.6. The minimum atomic E-state index is -2.91. The molecule has 10 nitrogen and oxygen atoms in total. The molecule has 3 aliphatic rings. The first-order valence-corrected chi connectivity index (χ1v) is 14.3. The number of benzene rings is 1. The third-order valence-corrected chi connectivity index (χ3v) is 9.41. The summed E-state index contributed by atoms with van der Waals surface area (Å²) in [4.78, 5) is 40.9. The van der Waals surface area contributed by atoms with E-state index in [1.807, 2.05) is 0 Å². The molecule has 1 fully saturated rings. The zero-order chi connectivity index (χ0) is 28.8. The number of aliphatic hydroxyl groups excluding tert-OH is 3. The van der Waals surface area contributed by atoms with E-state index in [4.69, 9.17) is 5.73 Å². The van der Waals surface area contributed by atoms with Crippen molar-refractivity contribution in [3.63, 3.8) is 0 Å². The van der Waals surface area contributed by atoms with Gasteiger partial charge in [-0.2, -0.15) is 11.8 Å². The first-order valence-electron chi connectivity index (χ1n) is 13.1. The molecule has 11 heteroatoms. The molecule has 3 aliphatic carbocycles. The monoisotopic (exact) mass is 560 g/mol. The van der Waals surface area contributed by atoms with Gasteiger partial charge < -0.3 is 31.3 Å². The smallest absolute Gasteiger partial charge is 0.255 e. The van der Waals surface area contributed by atoms with Gasteiger partial charge in [0, 0.05) is 23.2 Å². The maximum absolute atomic E-state index is 14.1. The number of aliphatic hydroxyl groups is 4. The first kappa shape index (κ1) is 29.1. The molecule has 7 N–H and O–H groups in total. The zero-order valence-corrected chi connectivity index (χ0v) is 23.1. The molecule has 0 radical (unpaired) electrons. The Bertz CT molecular complexity index is 1260. The number of amides is 1. The Kier molecular flexibility index (Phi) is 8.18. The van der Waals surface area contributed by atoms with E-state index in [1.165, 1.54) is 25.1 Å². The Morgan fingerprint density at radius 3 is 2.44 bits per heavy atom. The van der Waals surface area contributed by atoms with Crippen LogP contribution < -0.4 is 5.73 Å². The Balaban J connectivity index is 1.89. The maximum atomic E-state index is 14.1. The summed E-state index contributed by atoms with van der Waals surface area (Å²) in [7, 11) is 2.98. The normalized spacial score (nSPS) is 30.4. The topological polar surface area (TPSA) is 182 Å². The predicted octanol–water partition coefficient (Wildman–Crippen LogP) is 1.79. The molecule has 0 spiro atoms. The number of fused-ring (bicyclic) bond motifs is 3. The second-order valence-electron chi connectivity index (χ2n) is 10.7. The van der Waals surface area contributed by atoms with Crippen molar-refractivity contribution in [3.05, 3.63) is 46.2 Å². The number of Topliss-reactive ketones (excluding diaryl/α,β-unsaturated/α-hetero) is 2. The average Bonchev–Trinajstić information content (AvgIpc) is 2.87. The van der Waals surface area contributed by atoms with Crippen molar-refractivity contribution in [1.29, 1.82) is 0 Å². The van der Waals surface area contributed by atoms with E-state index in [1.54, 1.807) is 23.9 Å². The van der Waals surface area contributed by atoms with Crippen molar-refractivity contribution in [2.45, 2.75) is 56.3 Å². The lowest BCUT2D eigenvalue weighted by atomic mass is 9.54. The molecule has 1 amide bonds. The molecule has 6 atom stereocenters. The van der Waals surface area contributed by atoms with Gasteiger partial charge in [-0.25, -0.2) is 0 Å². The highest BCUT2D eigenvalue weighted by Gasteiger charge is 2.68. The maximum Gasteiger partial charge on any atom is 0.255 e. The molecule has 0 aliphatic heterocycles. The number of hydrogen-bond acceptors (Lipinski definition) is 10. The molecule has 0 bridgehead atoms. The minimum Gasteiger partial charge on any atom is -0.508 e. The quantitative estimate of drug-likeness (QED) is 0.192. The number of primary amides is 1. The highest BCUT2D eigenvalue weighted by Crippen LogP contribution is 2.56. The molecule has 4 rings (SSSR count). The van der Waals surface area contributed by atoms with Crippen LogP contribution in [0, 0.1) is 11.8 Å². The van der Waals surface area contributed by atoms with E-state index < -0.39 is 70.1 Å². The van der Waals surface area contributed by atoms with Crippen molar-refractivity contribution < 1.29 is 39.9 Å². The van der Waals surface area contributed by atoms with E-state index in [2.05, 4.69) is 6.92 Å². The molecule has 1 aromatic rings. The van der Waals surface area contributed by atoms with Crippen LogP contribution in [0.4, 0.5) is 0 Å². The fourth-order valence-corrected chi connectivity index (χ4v) is 7.65. The molecule has 0 heterocycles. The van der Waals surface area contributed by atoms with Gasteiger partial charge in [-0.3, -0.25) is 19.3 Å². The van der Waals surface area contributed by atoms with E-state index in [0.29, 0.717) is 11.3 Å². The fraction of sp³-hybridized carbons (Fsp3) is 0.536. The molecule has 39 heavy (non-hydrogen) atoms. The standard InChI is InChI=1S/C28H36N2O8S/c1-4-5-6-7-11-39-12-14-13-9-8-10-15(31)16(13)22(32)18-17(14)23(33)20-21(30(2)3)24(34)19(27(29)37)26(36)28(20,38)25(18)35/h8-10,14,17,20-21,23,31-33,36,38H,4-7,11-12H2,1-3H3,(H2,29,37)/t14-,17+,20+,21-,23-,28-/m0/s1. The number of phenolic OH excluding ortho intramolecular Hbond substituents is 1. The average molecular weight is 561 g/mol. The number of carbonyl (C=O) groups excluding carboxylic acids is 3. The Hall–Kier alpha value is -2.86. The van der Waals surface area contributed by atoms with Crippen LogP contribution in [-0.4, -0.2) is 91.3 Å². The zero-order valence-electron chi connectivity index (χ0n) is 22.3. The Morgan fingerprint density at radius 1 is 1.13 bits per heavy atom. The van der Waals surface area contributed by atoms with Gasteiger partial charge in [0.25, 0.3) is 5.91 Å². The lowest BCUT2D eigenvalue weighted by molar-refractivity contribution is -0.169. The van der Waals surface area contributed by atoms with E-state index >= 15 is 0 Å². The summed E-state index contributed by atoms with van der Waals surface area (Å²) in [6.45, 7) is 2.12. The van der Waals surface area contributed by atoms with Gasteiger partial charge >= 0.3 is 0 Å². The van der Waals surface area contributed by atoms with Crippen LogP contribution in [-0.2, 0) is 14.4 Å². The summed E-state index contributed by atoms with van der Waals surface area (Å²) in [6, 6.07) is 3.30. The van der Waals surface area contributed by atoms with Gasteiger partial charge in [-0.05, 0) is 37.9 Å². The van der Waals surface area contributed by atoms with Gasteiger partial charge in [0.05, 0.1) is 23.6 Å². The number of hydrogen-bond donors (Lipinski definition) is 6. The number of unbranched alkanes of at least 4 members (excludes halogenated alkanes) is 3. The van der Waals surface area contributed by atoms with Crippen molar-refractivity contribution in [1.82, 2.24) is 4.90 Å². The summed E-state index contributed by atoms with van der Waals surface area (Å²) >= 11 is 1.61. The molecular weight excluding hydrogens is 524 g/mol. The fourth-order valence-electron chi connectivity index (χ4n) is 6.43. The number of ketones is 2. The minimum absolute atomic E-state index is 0.0116. The van der Waals surface area contributed by atoms with E-state index in [9.17, 15) is 39.9 Å². The third kappa shape index (κ3) is 4.45. The van der Waals surface area contributed by atoms with Crippen LogP contribution in [0.15, 0.2) is 35.1 Å². The van der Waals surface area contributed by atoms with Crippen LogP contribution in [0.3, 0.4) is 0 Å². The van der Waals surface area contributed by atoms with Crippen LogP contribution in [0.5, 0.6) is 5.75 Å². The lowest BCUT2D eigenvalue weighted by Crippen LogP contribution is -2.70. The lowest BCUT2D eigenvalue weighted by Gasteiger charge is -2.54. The molecule has 1 saturated carbocycles. The molecule has 0 aromatic heterocycles. The first-order chi connectivity index (χ1) is 18.4. The molecule has 1 aromatic carbocycles. The highest BCUT2D eigenvalue weighted by atomic mass is 32.2. The second-order valence-corrected chi connectivity index (χ2v) is 11.9. The van der Waals surface area contributed by atoms with Gasteiger partial charge in [0.1, 0.15) is 22.8 Å². The van der Waals surface area contributed by atoms with Crippen molar-refractivity contribution >= 4 is 35.0 Å². The molecular formula is C28H36N2O8S. The van der Waals surface area contributed by atoms with Crippen LogP contribution in [0.25, 0.3) is 5.76 Å². The van der Waals surface area contributed by atoms with Gasteiger partial charge in [-0.1, -0.05) is 38.3 Å². The van der Waals surface area contributed by atoms with Gasteiger partial charge in [-0.15, -0.1) is 0 Å². The summed E-state index contributed by atoms with van der Waals surface area (Å²) in [5.74, 6) is -7.49. The number of rotatable bonds is 9. The van der Waals surface area contributed by atoms with Crippen LogP contribution >= 0.6 is 11.8 Å². The van der Waals surface area contributed by atoms with Crippen molar-refractivity contribution in [2.75, 3.05) is 25.6 Å². The number of likely N-dealkylation sites (N-methyl/N-ethyl adjacent to an activating group) is 1. The number of nitrogens with zero attached hydrogens (tertiary/aromatic N) is 1. The summed E-state index contributed by atoms with van der Waals surface area (Å²) in [5.41, 5.74) is 1.69. The highest BCUT2D eigenvalue weighted by molar-refractivity contribution is 7.99. The SMILES string of the molecule is CCCCCCSC[C@H]1c2cccc(O)c2C(O)=C2C(=O)[C@]3(O)C(O)=C(C(N)=O)C(=O)[C@@H](N(C)C)[C@@H]3[C@@H](O)[C@@H]21. The van der Waals surface area contributed by atoms with Gasteiger partial charge in [0.2, 0.25) is 5.78 Å². The van der Waals surface area contributed by atoms with Crippen molar-refractivity contribution in [2.24, 2.45) is 17.6 Å². The predicted molar refractivity (Wildman–Crippen MR) is 146 cm³/mol. The molecule has 0 saturated heterocycles.